The molecule has 1 aromatic carbocycles. The first kappa shape index (κ1) is 19.5. The van der Waals surface area contributed by atoms with Gasteiger partial charge in [0.1, 0.15) is 5.75 Å². The Bertz CT molecular complexity index is 974. The van der Waals surface area contributed by atoms with Crippen molar-refractivity contribution in [3.8, 4) is 5.75 Å². The highest BCUT2D eigenvalue weighted by Gasteiger charge is 2.76. The van der Waals surface area contributed by atoms with Crippen LogP contribution in [-0.4, -0.2) is 50.2 Å². The van der Waals surface area contributed by atoms with Crippen molar-refractivity contribution in [1.82, 2.24) is 4.31 Å². The second-order valence-electron chi connectivity index (χ2n) is 10.3. The summed E-state index contributed by atoms with van der Waals surface area (Å²) < 4.78 is 37.3. The highest BCUT2D eigenvalue weighted by atomic mass is 32.2. The number of rotatable bonds is 3. The molecule has 1 aliphatic heterocycles. The van der Waals surface area contributed by atoms with Crippen LogP contribution < -0.4 is 4.18 Å². The monoisotopic (exact) mass is 433 g/mol. The Kier molecular flexibility index (Phi) is 4.19. The number of ether oxygens (including phenoxy) is 1. The lowest BCUT2D eigenvalue weighted by molar-refractivity contribution is -0.0558. The van der Waals surface area contributed by atoms with Gasteiger partial charge in [0, 0.05) is 13.1 Å². The topological polar surface area (TPSA) is 76.1 Å². The van der Waals surface area contributed by atoms with Crippen LogP contribution in [0.4, 0.5) is 0 Å². The van der Waals surface area contributed by atoms with Gasteiger partial charge in [-0.2, -0.15) is 12.7 Å². The maximum atomic E-state index is 12.6. The minimum atomic E-state index is -3.79. The molecule has 0 bridgehead atoms. The molecular weight excluding hydrogens is 402 g/mol. The van der Waals surface area contributed by atoms with E-state index in [0.29, 0.717) is 55.2 Å². The molecule has 1 heterocycles. The van der Waals surface area contributed by atoms with E-state index in [-0.39, 0.29) is 11.5 Å². The van der Waals surface area contributed by atoms with E-state index in [4.69, 9.17) is 8.92 Å². The van der Waals surface area contributed by atoms with E-state index in [1.165, 1.54) is 21.9 Å². The van der Waals surface area contributed by atoms with E-state index in [1.807, 2.05) is 12.1 Å². The Hall–Kier alpha value is -1.15. The molecule has 6 rings (SSSR count). The standard InChI is InChI=1S/C23H31NO5S/c1-22-7-6-19-18-4-3-17(29-30(26,27)24-8-10-28-11-9-24)12-15(18)2-5-20(19)23(22)14-16(23)13-21(22)25/h3-4,12,16,19-21,25H,2,5-11,13-14H2,1H3/t16-,19?,20?,21+,22-,23+/m1/s1. The van der Waals surface area contributed by atoms with E-state index in [9.17, 15) is 13.5 Å². The Balaban J connectivity index is 1.26. The average molecular weight is 434 g/mol. The molecule has 6 atom stereocenters. The molecule has 1 aromatic rings. The number of aliphatic hydroxyl groups is 1. The number of hydrogen-bond donors (Lipinski definition) is 1. The van der Waals surface area contributed by atoms with Crippen molar-refractivity contribution in [1.29, 1.82) is 0 Å². The summed E-state index contributed by atoms with van der Waals surface area (Å²) in [6, 6.07) is 5.89. The molecule has 4 aliphatic carbocycles. The summed E-state index contributed by atoms with van der Waals surface area (Å²) in [6.07, 6.45) is 6.44. The highest BCUT2D eigenvalue weighted by Crippen LogP contribution is 2.81. The molecule has 4 fully saturated rings. The van der Waals surface area contributed by atoms with Crippen molar-refractivity contribution in [2.24, 2.45) is 22.7 Å². The van der Waals surface area contributed by atoms with Crippen molar-refractivity contribution >= 4 is 10.3 Å². The molecule has 6 nitrogen and oxygen atoms in total. The predicted molar refractivity (Wildman–Crippen MR) is 111 cm³/mol. The third-order valence-electron chi connectivity index (χ3n) is 9.31. The van der Waals surface area contributed by atoms with Gasteiger partial charge in [0.15, 0.2) is 0 Å². The summed E-state index contributed by atoms with van der Waals surface area (Å²) in [5.41, 5.74) is 3.04. The zero-order chi connectivity index (χ0) is 20.7. The summed E-state index contributed by atoms with van der Waals surface area (Å²) in [4.78, 5) is 0. The van der Waals surface area contributed by atoms with Crippen molar-refractivity contribution in [2.45, 2.75) is 57.5 Å². The van der Waals surface area contributed by atoms with Gasteiger partial charge in [-0.1, -0.05) is 13.0 Å². The van der Waals surface area contributed by atoms with Crippen LogP contribution in [0.25, 0.3) is 0 Å². The molecular formula is C23H31NO5S. The lowest BCUT2D eigenvalue weighted by Crippen LogP contribution is -2.47. The molecule has 3 saturated carbocycles. The second kappa shape index (κ2) is 6.44. The third-order valence-corrected chi connectivity index (χ3v) is 10.7. The number of benzene rings is 1. The molecule has 1 spiro atoms. The van der Waals surface area contributed by atoms with Crippen LogP contribution >= 0.6 is 0 Å². The van der Waals surface area contributed by atoms with Crippen molar-refractivity contribution in [2.75, 3.05) is 26.3 Å². The van der Waals surface area contributed by atoms with E-state index in [0.717, 1.165) is 32.1 Å². The Morgan fingerprint density at radius 1 is 1.23 bits per heavy atom. The van der Waals surface area contributed by atoms with Gasteiger partial charge >= 0.3 is 10.3 Å². The zero-order valence-corrected chi connectivity index (χ0v) is 18.4. The molecule has 164 valence electrons. The SMILES string of the molecule is C[C@]12CCC3c4ccc(OS(=O)(=O)N5CCOCC5)cc4CCC3[C@@]13C[C@H]3C[C@@H]2O. The van der Waals surface area contributed by atoms with E-state index in [1.54, 1.807) is 0 Å². The van der Waals surface area contributed by atoms with E-state index >= 15 is 0 Å². The van der Waals surface area contributed by atoms with Crippen molar-refractivity contribution in [3.63, 3.8) is 0 Å². The van der Waals surface area contributed by atoms with Crippen LogP contribution in [0.5, 0.6) is 5.75 Å². The Labute approximate surface area is 178 Å². The summed E-state index contributed by atoms with van der Waals surface area (Å²) in [6.45, 7) is 3.83. The number of morpholine rings is 1. The number of aliphatic hydroxyl groups excluding tert-OH is 1. The normalized spacial score (nSPS) is 42.6. The molecule has 0 aromatic heterocycles. The van der Waals surface area contributed by atoms with Gasteiger partial charge < -0.3 is 14.0 Å². The minimum absolute atomic E-state index is 0.0889. The highest BCUT2D eigenvalue weighted by molar-refractivity contribution is 7.84. The molecule has 0 amide bonds. The molecule has 1 N–H and O–H groups in total. The van der Waals surface area contributed by atoms with Gasteiger partial charge in [-0.15, -0.1) is 0 Å². The maximum Gasteiger partial charge on any atom is 0.385 e. The Morgan fingerprint density at radius 3 is 2.83 bits per heavy atom. The third kappa shape index (κ3) is 2.55. The van der Waals surface area contributed by atoms with Gasteiger partial charge in [-0.3, -0.25) is 0 Å². The first-order chi connectivity index (χ1) is 14.3. The van der Waals surface area contributed by atoms with Gasteiger partial charge in [-0.05, 0) is 90.4 Å². The second-order valence-corrected chi connectivity index (χ2v) is 11.9. The summed E-state index contributed by atoms with van der Waals surface area (Å²) in [5, 5.41) is 10.7. The Morgan fingerprint density at radius 2 is 2.03 bits per heavy atom. The molecule has 30 heavy (non-hydrogen) atoms. The first-order valence-electron chi connectivity index (χ1n) is 11.4. The zero-order valence-electron chi connectivity index (χ0n) is 17.5. The van der Waals surface area contributed by atoms with Gasteiger partial charge in [0.05, 0.1) is 19.3 Å². The fraction of sp³-hybridized carbons (Fsp3) is 0.739. The summed E-state index contributed by atoms with van der Waals surface area (Å²) in [5.74, 6) is 2.29. The molecule has 0 radical (unpaired) electrons. The lowest BCUT2D eigenvalue weighted by Gasteiger charge is -2.52. The lowest BCUT2D eigenvalue weighted by atomic mass is 9.52. The first-order valence-corrected chi connectivity index (χ1v) is 12.8. The summed E-state index contributed by atoms with van der Waals surface area (Å²) in [7, 11) is -3.79. The molecule has 5 aliphatic rings. The van der Waals surface area contributed by atoms with Gasteiger partial charge in [0.2, 0.25) is 0 Å². The maximum absolute atomic E-state index is 12.6. The predicted octanol–water partition coefficient (Wildman–Crippen LogP) is 2.86. The van der Waals surface area contributed by atoms with Crippen molar-refractivity contribution < 1.29 is 22.4 Å². The molecule has 1 saturated heterocycles. The molecule has 2 unspecified atom stereocenters. The van der Waals surface area contributed by atoms with Gasteiger partial charge in [-0.25, -0.2) is 0 Å². The summed E-state index contributed by atoms with van der Waals surface area (Å²) >= 11 is 0. The van der Waals surface area contributed by atoms with Crippen LogP contribution in [0.2, 0.25) is 0 Å². The fourth-order valence-corrected chi connectivity index (χ4v) is 8.82. The minimum Gasteiger partial charge on any atom is -0.393 e. The van der Waals surface area contributed by atoms with Crippen LogP contribution in [0.15, 0.2) is 18.2 Å². The molecule has 7 heteroatoms. The number of fused-ring (bicyclic) bond motifs is 3. The quantitative estimate of drug-likeness (QED) is 0.793. The van der Waals surface area contributed by atoms with E-state index < -0.39 is 10.3 Å². The smallest absolute Gasteiger partial charge is 0.385 e. The van der Waals surface area contributed by atoms with E-state index in [2.05, 4.69) is 13.0 Å². The number of nitrogens with zero attached hydrogens (tertiary/aromatic N) is 1. The fourth-order valence-electron chi connectivity index (χ4n) is 7.77. The van der Waals surface area contributed by atoms with Crippen LogP contribution in [0.1, 0.15) is 56.1 Å². The van der Waals surface area contributed by atoms with Crippen molar-refractivity contribution in [3.05, 3.63) is 29.3 Å². The van der Waals surface area contributed by atoms with Crippen LogP contribution in [0, 0.1) is 22.7 Å². The number of hydrogen-bond acceptors (Lipinski definition) is 5. The largest absolute Gasteiger partial charge is 0.393 e. The number of aryl methyl sites for hydroxylation is 1. The average Bonchev–Trinajstić information content (AvgIpc) is 3.40. The van der Waals surface area contributed by atoms with Crippen LogP contribution in [0.3, 0.4) is 0 Å². The van der Waals surface area contributed by atoms with Gasteiger partial charge in [0.25, 0.3) is 0 Å². The van der Waals surface area contributed by atoms with Crippen LogP contribution in [-0.2, 0) is 21.5 Å².